The Morgan fingerprint density at radius 2 is 2.19 bits per heavy atom. The molecule has 1 fully saturated rings. The third-order valence-corrected chi connectivity index (χ3v) is 4.00. The molecule has 1 aromatic carbocycles. The molecule has 0 aliphatic carbocycles. The van der Waals surface area contributed by atoms with Crippen LogP contribution in [0.3, 0.4) is 0 Å². The van der Waals surface area contributed by atoms with E-state index >= 15 is 0 Å². The van der Waals surface area contributed by atoms with Crippen LogP contribution >= 0.6 is 0 Å². The van der Waals surface area contributed by atoms with Crippen LogP contribution in [0.25, 0.3) is 0 Å². The van der Waals surface area contributed by atoms with Gasteiger partial charge in [-0.2, -0.15) is 0 Å². The summed E-state index contributed by atoms with van der Waals surface area (Å²) < 4.78 is 18.5. The van der Waals surface area contributed by atoms with Gasteiger partial charge >= 0.3 is 0 Å². The van der Waals surface area contributed by atoms with Crippen LogP contribution in [0.2, 0.25) is 0 Å². The topological polar surface area (TPSA) is 49.8 Å². The zero-order valence-electron chi connectivity index (χ0n) is 12.6. The first kappa shape index (κ1) is 15.9. The van der Waals surface area contributed by atoms with Crippen LogP contribution in [-0.2, 0) is 0 Å². The molecule has 1 saturated heterocycles. The van der Waals surface area contributed by atoms with Crippen LogP contribution in [0.4, 0.5) is 4.39 Å². The number of methoxy groups -OCH3 is 1. The number of ketones is 1. The van der Waals surface area contributed by atoms with Gasteiger partial charge in [0.25, 0.3) is 0 Å². The monoisotopic (exact) mass is 295 g/mol. The molecule has 0 bridgehead atoms. The fourth-order valence-corrected chi connectivity index (χ4v) is 2.61. The molecule has 1 aliphatic heterocycles. The molecule has 2 rings (SSSR count). The smallest absolute Gasteiger partial charge is 0.176 e. The van der Waals surface area contributed by atoms with E-state index in [1.165, 1.54) is 19.2 Å². The van der Waals surface area contributed by atoms with Crippen molar-refractivity contribution in [3.8, 4) is 5.75 Å². The fourth-order valence-electron chi connectivity index (χ4n) is 2.61. The van der Waals surface area contributed by atoms with Gasteiger partial charge in [-0.05, 0) is 50.9 Å². The summed E-state index contributed by atoms with van der Waals surface area (Å²) in [6.45, 7) is 3.54. The second-order valence-electron chi connectivity index (χ2n) is 5.90. The molecule has 0 amide bonds. The largest absolute Gasteiger partial charge is 0.494 e. The van der Waals surface area contributed by atoms with Crippen molar-refractivity contribution in [1.82, 2.24) is 4.90 Å². The van der Waals surface area contributed by atoms with E-state index < -0.39 is 11.4 Å². The minimum Gasteiger partial charge on any atom is -0.494 e. The molecule has 0 aromatic heterocycles. The van der Waals surface area contributed by atoms with Gasteiger partial charge in [-0.25, -0.2) is 4.39 Å². The number of rotatable bonds is 4. The van der Waals surface area contributed by atoms with Crippen molar-refractivity contribution >= 4 is 5.78 Å². The molecule has 1 atom stereocenters. The Morgan fingerprint density at radius 1 is 1.43 bits per heavy atom. The number of likely N-dealkylation sites (tertiary alicyclic amines) is 1. The van der Waals surface area contributed by atoms with Gasteiger partial charge in [-0.15, -0.1) is 0 Å². The van der Waals surface area contributed by atoms with Gasteiger partial charge in [0.1, 0.15) is 0 Å². The van der Waals surface area contributed by atoms with E-state index in [2.05, 4.69) is 0 Å². The molecule has 1 unspecified atom stereocenters. The number of hydrogen-bond acceptors (Lipinski definition) is 4. The lowest BCUT2D eigenvalue weighted by atomic mass is 9.98. The van der Waals surface area contributed by atoms with E-state index in [1.54, 1.807) is 6.07 Å². The second-order valence-corrected chi connectivity index (χ2v) is 5.90. The van der Waals surface area contributed by atoms with E-state index in [1.807, 2.05) is 11.8 Å². The van der Waals surface area contributed by atoms with E-state index in [9.17, 15) is 14.3 Å². The van der Waals surface area contributed by atoms with Crippen molar-refractivity contribution in [2.75, 3.05) is 26.7 Å². The summed E-state index contributed by atoms with van der Waals surface area (Å²) in [7, 11) is 1.39. The first-order chi connectivity index (χ1) is 9.91. The predicted molar refractivity (Wildman–Crippen MR) is 78.2 cm³/mol. The van der Waals surface area contributed by atoms with Gasteiger partial charge in [0.15, 0.2) is 17.3 Å². The molecule has 1 aliphatic rings. The van der Waals surface area contributed by atoms with Gasteiger partial charge in [0.2, 0.25) is 0 Å². The maximum Gasteiger partial charge on any atom is 0.176 e. The number of aliphatic hydroxyl groups is 1. The average molecular weight is 295 g/mol. The SMILES string of the molecule is COc1ccc(C(=O)CN2CCCC(C)(O)CC2)cc1F. The third kappa shape index (κ3) is 4.25. The number of ether oxygens (including phenoxy) is 1. The Kier molecular flexibility index (Phi) is 4.96. The van der Waals surface area contributed by atoms with Crippen molar-refractivity contribution in [3.05, 3.63) is 29.6 Å². The van der Waals surface area contributed by atoms with Crippen molar-refractivity contribution in [2.24, 2.45) is 0 Å². The molecule has 4 nitrogen and oxygen atoms in total. The summed E-state index contributed by atoms with van der Waals surface area (Å²) >= 11 is 0. The molecule has 0 saturated carbocycles. The van der Waals surface area contributed by atoms with E-state index in [0.717, 1.165) is 19.4 Å². The highest BCUT2D eigenvalue weighted by atomic mass is 19.1. The van der Waals surface area contributed by atoms with Crippen LogP contribution in [0.15, 0.2) is 18.2 Å². The minimum absolute atomic E-state index is 0.113. The van der Waals surface area contributed by atoms with Crippen molar-refractivity contribution < 1.29 is 19.0 Å². The Labute approximate surface area is 124 Å². The van der Waals surface area contributed by atoms with E-state index in [0.29, 0.717) is 18.5 Å². The quantitative estimate of drug-likeness (QED) is 0.866. The molecule has 0 radical (unpaired) electrons. The Morgan fingerprint density at radius 3 is 2.86 bits per heavy atom. The summed E-state index contributed by atoms with van der Waals surface area (Å²) in [5.74, 6) is -0.502. The van der Waals surface area contributed by atoms with Crippen molar-refractivity contribution in [1.29, 1.82) is 0 Å². The number of carbonyl (C=O) groups is 1. The molecular formula is C16H22FNO3. The number of nitrogens with zero attached hydrogens (tertiary/aromatic N) is 1. The Bertz CT molecular complexity index is 516. The number of carbonyl (C=O) groups excluding carboxylic acids is 1. The van der Waals surface area contributed by atoms with Crippen LogP contribution in [0, 0.1) is 5.82 Å². The van der Waals surface area contributed by atoms with Crippen molar-refractivity contribution in [2.45, 2.75) is 31.8 Å². The molecule has 0 spiro atoms. The Hall–Kier alpha value is -1.46. The molecule has 1 heterocycles. The highest BCUT2D eigenvalue weighted by Gasteiger charge is 2.26. The minimum atomic E-state index is -0.649. The molecule has 1 N–H and O–H groups in total. The molecular weight excluding hydrogens is 273 g/mol. The average Bonchev–Trinajstić information content (AvgIpc) is 2.60. The maximum atomic E-state index is 13.6. The number of halogens is 1. The molecule has 1 aromatic rings. The lowest BCUT2D eigenvalue weighted by molar-refractivity contribution is 0.0444. The van der Waals surface area contributed by atoms with Crippen LogP contribution < -0.4 is 4.74 Å². The van der Waals surface area contributed by atoms with Crippen molar-refractivity contribution in [3.63, 3.8) is 0 Å². The molecule has 21 heavy (non-hydrogen) atoms. The summed E-state index contributed by atoms with van der Waals surface area (Å²) in [6, 6.07) is 4.27. The van der Waals surface area contributed by atoms with Gasteiger partial charge in [0, 0.05) is 12.1 Å². The van der Waals surface area contributed by atoms with Crippen LogP contribution in [0.5, 0.6) is 5.75 Å². The highest BCUT2D eigenvalue weighted by Crippen LogP contribution is 2.22. The standard InChI is InChI=1S/C16H22FNO3/c1-16(20)6-3-8-18(9-7-16)11-14(19)12-4-5-15(21-2)13(17)10-12/h4-5,10,20H,3,6-9,11H2,1-2H3. The zero-order valence-corrected chi connectivity index (χ0v) is 12.6. The van der Waals surface area contributed by atoms with Gasteiger partial charge in [-0.1, -0.05) is 0 Å². The van der Waals surface area contributed by atoms with Crippen LogP contribution in [0.1, 0.15) is 36.5 Å². The number of benzene rings is 1. The van der Waals surface area contributed by atoms with E-state index in [4.69, 9.17) is 4.74 Å². The summed E-state index contributed by atoms with van der Waals surface area (Å²) in [6.07, 6.45) is 2.25. The van der Waals surface area contributed by atoms with Gasteiger partial charge in [-0.3, -0.25) is 9.69 Å². The first-order valence-electron chi connectivity index (χ1n) is 7.23. The highest BCUT2D eigenvalue weighted by molar-refractivity contribution is 5.97. The summed E-state index contributed by atoms with van der Waals surface area (Å²) in [5.41, 5.74) is -0.298. The van der Waals surface area contributed by atoms with Crippen LogP contribution in [-0.4, -0.2) is 48.1 Å². The zero-order chi connectivity index (χ0) is 15.5. The normalized spacial score (nSPS) is 23.6. The lowest BCUT2D eigenvalue weighted by Gasteiger charge is -2.22. The maximum absolute atomic E-state index is 13.6. The summed E-state index contributed by atoms with van der Waals surface area (Å²) in [4.78, 5) is 14.2. The van der Waals surface area contributed by atoms with Gasteiger partial charge < -0.3 is 9.84 Å². The molecule has 116 valence electrons. The predicted octanol–water partition coefficient (Wildman–Crippen LogP) is 2.25. The lowest BCUT2D eigenvalue weighted by Crippen LogP contribution is -2.32. The van der Waals surface area contributed by atoms with Gasteiger partial charge in [0.05, 0.1) is 19.3 Å². The third-order valence-electron chi connectivity index (χ3n) is 4.00. The first-order valence-corrected chi connectivity index (χ1v) is 7.23. The number of Topliss-reactive ketones (excluding diaryl/α,β-unsaturated/α-hetero) is 1. The Balaban J connectivity index is 1.99. The van der Waals surface area contributed by atoms with E-state index in [-0.39, 0.29) is 18.1 Å². The molecule has 5 heteroatoms. The second kappa shape index (κ2) is 6.54. The fraction of sp³-hybridized carbons (Fsp3) is 0.562. The number of hydrogen-bond donors (Lipinski definition) is 1. The summed E-state index contributed by atoms with van der Waals surface area (Å²) in [5, 5.41) is 10.0.